The molecule has 1 aromatic rings. The Hall–Kier alpha value is -2.13. The topological polar surface area (TPSA) is 99.2 Å². The first-order valence-corrected chi connectivity index (χ1v) is 6.69. The average Bonchev–Trinajstić information content (AvgIpc) is 2.92. The highest BCUT2D eigenvalue weighted by molar-refractivity contribution is 5.58. The number of nitrogens with one attached hydrogen (secondary N) is 1. The van der Waals surface area contributed by atoms with Crippen LogP contribution in [0.5, 0.6) is 0 Å². The van der Waals surface area contributed by atoms with Crippen LogP contribution in [0, 0.1) is 33.3 Å². The molecule has 20 heavy (non-hydrogen) atoms. The smallest absolute Gasteiger partial charge is 0.287 e. The van der Waals surface area contributed by atoms with Gasteiger partial charge < -0.3 is 10.4 Å². The number of aliphatic hydroxyl groups is 1. The van der Waals surface area contributed by atoms with Crippen LogP contribution in [0.25, 0.3) is 0 Å². The third kappa shape index (κ3) is 3.06. The van der Waals surface area contributed by atoms with E-state index in [-0.39, 0.29) is 17.9 Å². The largest absolute Gasteiger partial charge is 0.396 e. The van der Waals surface area contributed by atoms with Crippen molar-refractivity contribution in [1.29, 1.82) is 5.26 Å². The molecule has 0 bridgehead atoms. The van der Waals surface area contributed by atoms with Gasteiger partial charge in [-0.05, 0) is 36.8 Å². The maximum absolute atomic E-state index is 10.7. The molecule has 1 aromatic carbocycles. The number of nitro groups is 1. The van der Waals surface area contributed by atoms with E-state index in [2.05, 4.69) is 5.32 Å². The lowest BCUT2D eigenvalue weighted by Gasteiger charge is -2.18. The van der Waals surface area contributed by atoms with Crippen LogP contribution in [-0.2, 0) is 0 Å². The van der Waals surface area contributed by atoms with Gasteiger partial charge in [0.05, 0.1) is 4.92 Å². The minimum absolute atomic E-state index is 0.0603. The Labute approximate surface area is 117 Å². The van der Waals surface area contributed by atoms with Gasteiger partial charge in [-0.25, -0.2) is 0 Å². The van der Waals surface area contributed by atoms with E-state index < -0.39 is 4.92 Å². The van der Waals surface area contributed by atoms with Gasteiger partial charge >= 0.3 is 0 Å². The normalized spacial score (nSPS) is 21.4. The van der Waals surface area contributed by atoms with Crippen molar-refractivity contribution in [2.75, 3.05) is 18.5 Å². The standard InChI is InChI=1S/C14H17N3O3/c15-7-12-6-13(4-5-14(12)17(19)20)16-8-10-2-1-3-11(10)9-18/h4-6,10-11,16,18H,1-3,8-9H2. The Morgan fingerprint density at radius 3 is 2.85 bits per heavy atom. The monoisotopic (exact) mass is 275 g/mol. The quantitative estimate of drug-likeness (QED) is 0.634. The lowest BCUT2D eigenvalue weighted by Crippen LogP contribution is -2.20. The molecule has 2 atom stereocenters. The minimum Gasteiger partial charge on any atom is -0.396 e. The Kier molecular flexibility index (Phi) is 4.53. The Morgan fingerprint density at radius 2 is 2.20 bits per heavy atom. The number of aliphatic hydroxyl groups excluding tert-OH is 1. The number of nitrogens with zero attached hydrogens (tertiary/aromatic N) is 2. The Balaban J connectivity index is 2.03. The minimum atomic E-state index is -0.554. The third-order valence-corrected chi connectivity index (χ3v) is 3.93. The van der Waals surface area contributed by atoms with Crippen molar-refractivity contribution in [3.05, 3.63) is 33.9 Å². The van der Waals surface area contributed by atoms with Crippen LogP contribution in [0.1, 0.15) is 24.8 Å². The molecule has 2 unspecified atom stereocenters. The summed E-state index contributed by atoms with van der Waals surface area (Å²) in [7, 11) is 0. The summed E-state index contributed by atoms with van der Waals surface area (Å²) in [5, 5.41) is 32.2. The summed E-state index contributed by atoms with van der Waals surface area (Å²) in [6.45, 7) is 0.921. The molecular weight excluding hydrogens is 258 g/mol. The highest BCUT2D eigenvalue weighted by Gasteiger charge is 2.26. The van der Waals surface area contributed by atoms with Crippen molar-refractivity contribution >= 4 is 11.4 Å². The second-order valence-electron chi connectivity index (χ2n) is 5.12. The molecule has 1 fully saturated rings. The molecule has 0 aliphatic heterocycles. The molecule has 0 radical (unpaired) electrons. The highest BCUT2D eigenvalue weighted by Crippen LogP contribution is 2.31. The first-order valence-electron chi connectivity index (χ1n) is 6.69. The van der Waals surface area contributed by atoms with Crippen LogP contribution in [-0.4, -0.2) is 23.2 Å². The summed E-state index contributed by atoms with van der Waals surface area (Å²) in [5.41, 5.74) is 0.591. The summed E-state index contributed by atoms with van der Waals surface area (Å²) in [6.07, 6.45) is 3.25. The molecule has 0 heterocycles. The summed E-state index contributed by atoms with van der Waals surface area (Å²) >= 11 is 0. The number of benzene rings is 1. The second-order valence-corrected chi connectivity index (χ2v) is 5.12. The number of nitriles is 1. The van der Waals surface area contributed by atoms with Gasteiger partial charge in [-0.3, -0.25) is 10.1 Å². The molecular formula is C14H17N3O3. The zero-order valence-corrected chi connectivity index (χ0v) is 11.1. The lowest BCUT2D eigenvalue weighted by molar-refractivity contribution is -0.385. The van der Waals surface area contributed by atoms with E-state index in [1.54, 1.807) is 6.07 Å². The number of hydrogen-bond donors (Lipinski definition) is 2. The van der Waals surface area contributed by atoms with Crippen LogP contribution in [0.4, 0.5) is 11.4 Å². The van der Waals surface area contributed by atoms with E-state index in [1.165, 1.54) is 12.1 Å². The molecule has 1 aliphatic carbocycles. The fraction of sp³-hybridized carbons (Fsp3) is 0.500. The second kappa shape index (κ2) is 6.35. The number of hydrogen-bond acceptors (Lipinski definition) is 5. The van der Waals surface area contributed by atoms with Crippen molar-refractivity contribution in [3.63, 3.8) is 0 Å². The van der Waals surface area contributed by atoms with Crippen LogP contribution < -0.4 is 5.32 Å². The summed E-state index contributed by atoms with van der Waals surface area (Å²) in [5.74, 6) is 0.747. The van der Waals surface area contributed by atoms with E-state index in [1.807, 2.05) is 6.07 Å². The van der Waals surface area contributed by atoms with Crippen molar-refractivity contribution < 1.29 is 10.0 Å². The van der Waals surface area contributed by atoms with Crippen molar-refractivity contribution in [3.8, 4) is 6.07 Å². The van der Waals surface area contributed by atoms with Crippen LogP contribution >= 0.6 is 0 Å². The highest BCUT2D eigenvalue weighted by atomic mass is 16.6. The van der Waals surface area contributed by atoms with Gasteiger partial charge in [-0.15, -0.1) is 0 Å². The van der Waals surface area contributed by atoms with Gasteiger partial charge in [0, 0.05) is 24.9 Å². The van der Waals surface area contributed by atoms with E-state index in [4.69, 9.17) is 5.26 Å². The summed E-state index contributed by atoms with van der Waals surface area (Å²) in [6, 6.07) is 6.30. The zero-order valence-electron chi connectivity index (χ0n) is 11.1. The fourth-order valence-corrected chi connectivity index (χ4v) is 2.77. The molecule has 0 amide bonds. The lowest BCUT2D eigenvalue weighted by atomic mass is 9.97. The van der Waals surface area contributed by atoms with E-state index in [0.717, 1.165) is 19.3 Å². The van der Waals surface area contributed by atoms with Crippen LogP contribution in [0.2, 0.25) is 0 Å². The summed E-state index contributed by atoms with van der Waals surface area (Å²) in [4.78, 5) is 10.2. The Morgan fingerprint density at radius 1 is 1.45 bits per heavy atom. The number of rotatable bonds is 5. The van der Waals surface area contributed by atoms with Crippen molar-refractivity contribution in [1.82, 2.24) is 0 Å². The molecule has 2 rings (SSSR count). The van der Waals surface area contributed by atoms with Gasteiger partial charge in [0.1, 0.15) is 11.6 Å². The first kappa shape index (κ1) is 14.3. The molecule has 0 spiro atoms. The number of nitro benzene ring substituents is 1. The predicted molar refractivity (Wildman–Crippen MR) is 74.2 cm³/mol. The molecule has 0 aromatic heterocycles. The molecule has 6 heteroatoms. The molecule has 1 aliphatic rings. The van der Waals surface area contributed by atoms with Gasteiger partial charge in [0.2, 0.25) is 0 Å². The maximum atomic E-state index is 10.7. The molecule has 6 nitrogen and oxygen atoms in total. The van der Waals surface area contributed by atoms with Gasteiger partial charge in [0.25, 0.3) is 5.69 Å². The molecule has 106 valence electrons. The van der Waals surface area contributed by atoms with Crippen LogP contribution in [0.3, 0.4) is 0 Å². The van der Waals surface area contributed by atoms with Gasteiger partial charge in [0.15, 0.2) is 0 Å². The third-order valence-electron chi connectivity index (χ3n) is 3.93. The van der Waals surface area contributed by atoms with Gasteiger partial charge in [-0.1, -0.05) is 6.42 Å². The van der Waals surface area contributed by atoms with Crippen molar-refractivity contribution in [2.24, 2.45) is 11.8 Å². The number of anilines is 1. The molecule has 1 saturated carbocycles. The van der Waals surface area contributed by atoms with Gasteiger partial charge in [-0.2, -0.15) is 5.26 Å². The SMILES string of the molecule is N#Cc1cc(NCC2CCCC2CO)ccc1[N+](=O)[O-]. The van der Waals surface area contributed by atoms with Crippen molar-refractivity contribution in [2.45, 2.75) is 19.3 Å². The van der Waals surface area contributed by atoms with E-state index in [9.17, 15) is 15.2 Å². The summed E-state index contributed by atoms with van der Waals surface area (Å²) < 4.78 is 0. The first-order chi connectivity index (χ1) is 9.65. The predicted octanol–water partition coefficient (Wildman–Crippen LogP) is 2.29. The Bertz CT molecular complexity index is 539. The van der Waals surface area contributed by atoms with Crippen LogP contribution in [0.15, 0.2) is 18.2 Å². The molecule has 0 saturated heterocycles. The van der Waals surface area contributed by atoms with E-state index >= 15 is 0 Å². The average molecular weight is 275 g/mol. The molecule has 2 N–H and O–H groups in total. The zero-order chi connectivity index (χ0) is 14.5. The maximum Gasteiger partial charge on any atom is 0.287 e. The van der Waals surface area contributed by atoms with E-state index in [0.29, 0.717) is 24.1 Å². The fourth-order valence-electron chi connectivity index (χ4n) is 2.77.